The van der Waals surface area contributed by atoms with Gasteiger partial charge in [0.25, 0.3) is 10.0 Å². The Morgan fingerprint density at radius 3 is 2.10 bits per heavy atom. The minimum atomic E-state index is -4.13. The molecule has 0 aromatic heterocycles. The molecule has 1 N–H and O–H groups in total. The SMILES string of the molecule is CC[C@H](C(=O)N[C@@H](C)CC)N(CCc1ccccc1)C(=O)CN(c1ccc(C)cc1)S(=O)(=O)c1ccc(Cl)cc1. The van der Waals surface area contributed by atoms with E-state index < -0.39 is 28.5 Å². The highest BCUT2D eigenvalue weighted by Gasteiger charge is 2.33. The summed E-state index contributed by atoms with van der Waals surface area (Å²) in [5.41, 5.74) is 2.33. The topological polar surface area (TPSA) is 86.8 Å². The van der Waals surface area contributed by atoms with Gasteiger partial charge >= 0.3 is 0 Å². The molecule has 0 heterocycles. The average molecular weight is 584 g/mol. The third kappa shape index (κ3) is 8.08. The first-order chi connectivity index (χ1) is 19.1. The molecule has 0 spiro atoms. The summed E-state index contributed by atoms with van der Waals surface area (Å²) in [6.07, 6.45) is 1.66. The van der Waals surface area contributed by atoms with Crippen molar-refractivity contribution in [1.29, 1.82) is 0 Å². The number of rotatable bonds is 13. The molecule has 3 aromatic carbocycles. The maximum atomic E-state index is 14.0. The number of carbonyl (C=O) groups is 2. The zero-order valence-corrected chi connectivity index (χ0v) is 25.1. The van der Waals surface area contributed by atoms with E-state index in [0.29, 0.717) is 23.6 Å². The van der Waals surface area contributed by atoms with Gasteiger partial charge < -0.3 is 10.2 Å². The first-order valence-corrected chi connectivity index (χ1v) is 15.4. The number of anilines is 1. The lowest BCUT2D eigenvalue weighted by Crippen LogP contribution is -2.54. The molecule has 0 unspecified atom stereocenters. The normalized spacial score (nSPS) is 12.8. The molecular weight excluding hydrogens is 546 g/mol. The van der Waals surface area contributed by atoms with Gasteiger partial charge in [-0.15, -0.1) is 0 Å². The van der Waals surface area contributed by atoms with Gasteiger partial charge in [-0.05, 0) is 75.1 Å². The predicted octanol–water partition coefficient (Wildman–Crippen LogP) is 5.61. The van der Waals surface area contributed by atoms with Crippen molar-refractivity contribution < 1.29 is 18.0 Å². The van der Waals surface area contributed by atoms with Crippen LogP contribution in [0.4, 0.5) is 5.69 Å². The molecule has 0 radical (unpaired) electrons. The molecule has 0 fully saturated rings. The Labute approximate surface area is 243 Å². The summed E-state index contributed by atoms with van der Waals surface area (Å²) in [4.78, 5) is 28.9. The Hall–Kier alpha value is -3.36. The highest BCUT2D eigenvalue weighted by atomic mass is 35.5. The summed E-state index contributed by atoms with van der Waals surface area (Å²) >= 11 is 6.01. The van der Waals surface area contributed by atoms with Crippen molar-refractivity contribution in [2.75, 3.05) is 17.4 Å². The minimum Gasteiger partial charge on any atom is -0.352 e. The van der Waals surface area contributed by atoms with Gasteiger partial charge in [-0.25, -0.2) is 8.42 Å². The van der Waals surface area contributed by atoms with Crippen LogP contribution in [0.1, 0.15) is 44.7 Å². The van der Waals surface area contributed by atoms with Crippen molar-refractivity contribution >= 4 is 39.1 Å². The summed E-state index contributed by atoms with van der Waals surface area (Å²) in [5.74, 6) is -0.707. The summed E-state index contributed by atoms with van der Waals surface area (Å²) in [6, 6.07) is 21.7. The van der Waals surface area contributed by atoms with E-state index in [-0.39, 0.29) is 23.4 Å². The summed E-state index contributed by atoms with van der Waals surface area (Å²) < 4.78 is 28.8. The van der Waals surface area contributed by atoms with Crippen LogP contribution in [0, 0.1) is 6.92 Å². The van der Waals surface area contributed by atoms with E-state index in [1.54, 1.807) is 24.3 Å². The van der Waals surface area contributed by atoms with E-state index in [0.717, 1.165) is 21.9 Å². The van der Waals surface area contributed by atoms with Gasteiger partial charge in [0.05, 0.1) is 10.6 Å². The molecule has 2 atom stereocenters. The molecule has 0 aliphatic rings. The van der Waals surface area contributed by atoms with Crippen LogP contribution < -0.4 is 9.62 Å². The van der Waals surface area contributed by atoms with Crippen molar-refractivity contribution in [1.82, 2.24) is 10.2 Å². The molecule has 7 nitrogen and oxygen atoms in total. The van der Waals surface area contributed by atoms with E-state index in [4.69, 9.17) is 11.6 Å². The number of nitrogens with zero attached hydrogens (tertiary/aromatic N) is 2. The lowest BCUT2D eigenvalue weighted by Gasteiger charge is -2.33. The summed E-state index contributed by atoms with van der Waals surface area (Å²) in [7, 11) is -4.13. The standard InChI is InChI=1S/C31H38ClN3O4S/c1-5-24(4)33-31(37)29(6-2)34(21-20-25-10-8-7-9-11-25)30(36)22-35(27-16-12-23(3)13-17-27)40(38,39)28-18-14-26(32)15-19-28/h7-19,24,29H,5-6,20-22H2,1-4H3,(H,33,37)/t24-,29+/m0/s1. The van der Waals surface area contributed by atoms with E-state index in [2.05, 4.69) is 5.32 Å². The van der Waals surface area contributed by atoms with Crippen LogP contribution in [0.5, 0.6) is 0 Å². The van der Waals surface area contributed by atoms with Crippen molar-refractivity contribution in [3.8, 4) is 0 Å². The van der Waals surface area contributed by atoms with Crippen LogP contribution in [-0.2, 0) is 26.0 Å². The molecule has 0 bridgehead atoms. The lowest BCUT2D eigenvalue weighted by molar-refractivity contribution is -0.139. The summed E-state index contributed by atoms with van der Waals surface area (Å²) in [6.45, 7) is 7.45. The van der Waals surface area contributed by atoms with Crippen LogP contribution >= 0.6 is 11.6 Å². The molecular formula is C31H38ClN3O4S. The first-order valence-electron chi connectivity index (χ1n) is 13.6. The van der Waals surface area contributed by atoms with Crippen LogP contribution in [0.15, 0.2) is 83.8 Å². The second kappa shape index (κ2) is 14.3. The van der Waals surface area contributed by atoms with E-state index >= 15 is 0 Å². The number of nitrogens with one attached hydrogen (secondary N) is 1. The van der Waals surface area contributed by atoms with Crippen molar-refractivity contribution in [3.63, 3.8) is 0 Å². The fourth-order valence-electron chi connectivity index (χ4n) is 4.31. The molecule has 214 valence electrons. The Bertz CT molecular complexity index is 1360. The number of aryl methyl sites for hydroxylation is 1. The molecule has 2 amide bonds. The third-order valence-corrected chi connectivity index (χ3v) is 8.91. The van der Waals surface area contributed by atoms with Crippen molar-refractivity contribution in [3.05, 3.63) is 95.0 Å². The number of benzene rings is 3. The first kappa shape index (κ1) is 31.2. The molecule has 3 aromatic rings. The molecule has 0 aliphatic heterocycles. The average Bonchev–Trinajstić information content (AvgIpc) is 2.95. The summed E-state index contributed by atoms with van der Waals surface area (Å²) in [5, 5.41) is 3.39. The highest BCUT2D eigenvalue weighted by Crippen LogP contribution is 2.26. The fraction of sp³-hybridized carbons (Fsp3) is 0.355. The maximum Gasteiger partial charge on any atom is 0.264 e. The van der Waals surface area contributed by atoms with Gasteiger partial charge in [0.15, 0.2) is 0 Å². The van der Waals surface area contributed by atoms with E-state index in [1.165, 1.54) is 29.2 Å². The zero-order valence-electron chi connectivity index (χ0n) is 23.5. The molecule has 0 saturated carbocycles. The highest BCUT2D eigenvalue weighted by molar-refractivity contribution is 7.92. The zero-order chi connectivity index (χ0) is 29.3. The molecule has 3 rings (SSSR count). The number of sulfonamides is 1. The van der Waals surface area contributed by atoms with Crippen molar-refractivity contribution in [2.24, 2.45) is 0 Å². The molecule has 9 heteroatoms. The van der Waals surface area contributed by atoms with Crippen LogP contribution in [-0.4, -0.2) is 50.3 Å². The number of amides is 2. The van der Waals surface area contributed by atoms with Gasteiger partial charge in [-0.2, -0.15) is 0 Å². The van der Waals surface area contributed by atoms with Gasteiger partial charge in [-0.1, -0.05) is 73.5 Å². The number of hydrogen-bond acceptors (Lipinski definition) is 4. The lowest BCUT2D eigenvalue weighted by atomic mass is 10.1. The van der Waals surface area contributed by atoms with E-state index in [1.807, 2.05) is 58.0 Å². The Morgan fingerprint density at radius 2 is 1.52 bits per heavy atom. The quantitative estimate of drug-likeness (QED) is 0.283. The Morgan fingerprint density at radius 1 is 0.900 bits per heavy atom. The third-order valence-electron chi connectivity index (χ3n) is 6.87. The van der Waals surface area contributed by atoms with Crippen LogP contribution in [0.2, 0.25) is 5.02 Å². The second-order valence-corrected chi connectivity index (χ2v) is 12.2. The molecule has 0 aliphatic carbocycles. The Kier molecular flexibility index (Phi) is 11.2. The Balaban J connectivity index is 2.00. The molecule has 0 saturated heterocycles. The largest absolute Gasteiger partial charge is 0.352 e. The van der Waals surface area contributed by atoms with E-state index in [9.17, 15) is 18.0 Å². The van der Waals surface area contributed by atoms with Gasteiger partial charge in [0.1, 0.15) is 12.6 Å². The fourth-order valence-corrected chi connectivity index (χ4v) is 5.85. The van der Waals surface area contributed by atoms with Gasteiger partial charge in [0, 0.05) is 17.6 Å². The van der Waals surface area contributed by atoms with Crippen LogP contribution in [0.25, 0.3) is 0 Å². The van der Waals surface area contributed by atoms with Gasteiger partial charge in [0.2, 0.25) is 11.8 Å². The minimum absolute atomic E-state index is 0.0164. The number of hydrogen-bond donors (Lipinski definition) is 1. The smallest absolute Gasteiger partial charge is 0.264 e. The maximum absolute atomic E-state index is 14.0. The number of halogens is 1. The second-order valence-electron chi connectivity index (χ2n) is 9.87. The predicted molar refractivity (Wildman–Crippen MR) is 161 cm³/mol. The number of carbonyl (C=O) groups excluding carboxylic acids is 2. The monoisotopic (exact) mass is 583 g/mol. The van der Waals surface area contributed by atoms with Crippen LogP contribution in [0.3, 0.4) is 0 Å². The van der Waals surface area contributed by atoms with Gasteiger partial charge in [-0.3, -0.25) is 13.9 Å². The molecule has 40 heavy (non-hydrogen) atoms. The van der Waals surface area contributed by atoms with Crippen molar-refractivity contribution in [2.45, 2.75) is 63.9 Å².